The van der Waals surface area contributed by atoms with Gasteiger partial charge in [-0.05, 0) is 47.4 Å². The third-order valence-corrected chi connectivity index (χ3v) is 4.72. The second-order valence-corrected chi connectivity index (χ2v) is 6.88. The van der Waals surface area contributed by atoms with Crippen LogP contribution >= 0.6 is 0 Å². The molecule has 0 spiro atoms. The van der Waals surface area contributed by atoms with E-state index in [1.54, 1.807) is 14.2 Å². The molecule has 0 fully saturated rings. The Morgan fingerprint density at radius 2 is 1.53 bits per heavy atom. The molecule has 156 valence electrons. The quantitative estimate of drug-likeness (QED) is 0.550. The van der Waals surface area contributed by atoms with Gasteiger partial charge >= 0.3 is 0 Å². The van der Waals surface area contributed by atoms with Crippen LogP contribution in [0.4, 0.5) is 0 Å². The number of rotatable bonds is 10. The van der Waals surface area contributed by atoms with Crippen molar-refractivity contribution in [3.05, 3.63) is 89.5 Å². The summed E-state index contributed by atoms with van der Waals surface area (Å²) in [6.45, 7) is 1.04. The van der Waals surface area contributed by atoms with Gasteiger partial charge in [-0.3, -0.25) is 4.79 Å². The summed E-state index contributed by atoms with van der Waals surface area (Å²) in [5, 5.41) is 2.96. The zero-order chi connectivity index (χ0) is 21.2. The second kappa shape index (κ2) is 10.9. The highest BCUT2D eigenvalue weighted by molar-refractivity contribution is 5.78. The van der Waals surface area contributed by atoms with E-state index in [-0.39, 0.29) is 5.91 Å². The summed E-state index contributed by atoms with van der Waals surface area (Å²) in [5.74, 6) is 2.17. The van der Waals surface area contributed by atoms with Gasteiger partial charge in [0.2, 0.25) is 5.91 Å². The Hall–Kier alpha value is -3.47. The fourth-order valence-corrected chi connectivity index (χ4v) is 3.06. The Balaban J connectivity index is 1.48. The van der Waals surface area contributed by atoms with Crippen molar-refractivity contribution in [3.63, 3.8) is 0 Å². The van der Waals surface area contributed by atoms with Crippen LogP contribution in [0.15, 0.2) is 72.8 Å². The summed E-state index contributed by atoms with van der Waals surface area (Å²) in [5.41, 5.74) is 3.13. The molecular weight excluding hydrogens is 378 g/mol. The minimum absolute atomic E-state index is 0.00468. The van der Waals surface area contributed by atoms with Gasteiger partial charge in [0.15, 0.2) is 11.5 Å². The van der Waals surface area contributed by atoms with Crippen LogP contribution < -0.4 is 19.5 Å². The smallest absolute Gasteiger partial charge is 0.224 e. The number of ether oxygens (including phenoxy) is 3. The minimum Gasteiger partial charge on any atom is -0.497 e. The molecule has 0 aliphatic rings. The lowest BCUT2D eigenvalue weighted by molar-refractivity contribution is -0.120. The average Bonchev–Trinajstić information content (AvgIpc) is 2.79. The third-order valence-electron chi connectivity index (χ3n) is 4.72. The molecular formula is C25H27NO4. The first-order valence-corrected chi connectivity index (χ1v) is 9.91. The molecule has 3 aromatic rings. The lowest BCUT2D eigenvalue weighted by atomic mass is 10.1. The molecule has 0 aliphatic heterocycles. The highest BCUT2D eigenvalue weighted by Crippen LogP contribution is 2.29. The number of carbonyl (C=O) groups excluding carboxylic acids is 1. The maximum absolute atomic E-state index is 12.2. The van der Waals surface area contributed by atoms with Gasteiger partial charge in [0.05, 0.1) is 20.6 Å². The fraction of sp³-hybridized carbons (Fsp3) is 0.240. The lowest BCUT2D eigenvalue weighted by Gasteiger charge is -2.13. The van der Waals surface area contributed by atoms with Crippen molar-refractivity contribution in [2.75, 3.05) is 20.8 Å². The van der Waals surface area contributed by atoms with E-state index < -0.39 is 0 Å². The number of amides is 1. The molecule has 1 N–H and O–H groups in total. The summed E-state index contributed by atoms with van der Waals surface area (Å²) >= 11 is 0. The summed E-state index contributed by atoms with van der Waals surface area (Å²) in [6.07, 6.45) is 1.06. The molecule has 0 bridgehead atoms. The molecule has 5 nitrogen and oxygen atoms in total. The molecule has 3 aromatic carbocycles. The molecule has 0 heterocycles. The summed E-state index contributed by atoms with van der Waals surface area (Å²) in [4.78, 5) is 12.2. The van der Waals surface area contributed by atoms with Crippen LogP contribution in [-0.2, 0) is 24.2 Å². The second-order valence-electron chi connectivity index (χ2n) is 6.88. The molecule has 0 unspecified atom stereocenters. The van der Waals surface area contributed by atoms with Crippen LogP contribution in [0.5, 0.6) is 17.2 Å². The van der Waals surface area contributed by atoms with Crippen molar-refractivity contribution < 1.29 is 19.0 Å². The van der Waals surface area contributed by atoms with E-state index in [2.05, 4.69) is 5.32 Å². The first-order valence-electron chi connectivity index (χ1n) is 9.91. The molecule has 30 heavy (non-hydrogen) atoms. The van der Waals surface area contributed by atoms with E-state index in [9.17, 15) is 4.79 Å². The number of nitrogens with one attached hydrogen (secondary N) is 1. The number of hydrogen-bond donors (Lipinski definition) is 1. The van der Waals surface area contributed by atoms with Crippen LogP contribution in [0.25, 0.3) is 0 Å². The molecule has 1 amide bonds. The molecule has 5 heteroatoms. The zero-order valence-corrected chi connectivity index (χ0v) is 17.4. The maximum atomic E-state index is 12.2. The van der Waals surface area contributed by atoms with Crippen LogP contribution in [0.1, 0.15) is 16.7 Å². The topological polar surface area (TPSA) is 56.8 Å². The van der Waals surface area contributed by atoms with Gasteiger partial charge in [0.1, 0.15) is 12.4 Å². The Bertz CT molecular complexity index is 939. The van der Waals surface area contributed by atoms with Gasteiger partial charge in [-0.2, -0.15) is 0 Å². The molecule has 0 saturated carbocycles. The van der Waals surface area contributed by atoms with Gasteiger partial charge in [-0.15, -0.1) is 0 Å². The molecule has 0 saturated heterocycles. The Morgan fingerprint density at radius 3 is 2.23 bits per heavy atom. The van der Waals surface area contributed by atoms with Crippen LogP contribution in [0, 0.1) is 0 Å². The summed E-state index contributed by atoms with van der Waals surface area (Å²) in [6, 6.07) is 23.4. The summed E-state index contributed by atoms with van der Waals surface area (Å²) in [7, 11) is 3.25. The van der Waals surface area contributed by atoms with Crippen molar-refractivity contribution in [2.45, 2.75) is 19.4 Å². The van der Waals surface area contributed by atoms with E-state index in [0.717, 1.165) is 22.4 Å². The van der Waals surface area contributed by atoms with E-state index in [0.29, 0.717) is 37.5 Å². The van der Waals surface area contributed by atoms with Gasteiger partial charge in [-0.1, -0.05) is 48.5 Å². The molecule has 0 aromatic heterocycles. The number of carbonyl (C=O) groups is 1. The maximum Gasteiger partial charge on any atom is 0.224 e. The van der Waals surface area contributed by atoms with Gasteiger partial charge < -0.3 is 19.5 Å². The molecule has 3 rings (SSSR count). The molecule has 0 radical (unpaired) electrons. The zero-order valence-electron chi connectivity index (χ0n) is 17.4. The van der Waals surface area contributed by atoms with Crippen molar-refractivity contribution >= 4 is 5.91 Å². The number of hydrogen-bond acceptors (Lipinski definition) is 4. The van der Waals surface area contributed by atoms with E-state index in [4.69, 9.17) is 14.2 Å². The minimum atomic E-state index is -0.00468. The monoisotopic (exact) mass is 405 g/mol. The normalized spacial score (nSPS) is 10.3. The number of methoxy groups -OCH3 is 2. The number of benzene rings is 3. The largest absolute Gasteiger partial charge is 0.497 e. The van der Waals surface area contributed by atoms with E-state index in [1.165, 1.54) is 0 Å². The van der Waals surface area contributed by atoms with Crippen LogP contribution in [0.2, 0.25) is 0 Å². The predicted octanol–water partition coefficient (Wildman–Crippen LogP) is 4.18. The molecule has 0 aliphatic carbocycles. The van der Waals surface area contributed by atoms with Crippen molar-refractivity contribution in [2.24, 2.45) is 0 Å². The highest BCUT2D eigenvalue weighted by atomic mass is 16.5. The first-order chi connectivity index (χ1) is 14.7. The van der Waals surface area contributed by atoms with Crippen molar-refractivity contribution in [1.29, 1.82) is 0 Å². The van der Waals surface area contributed by atoms with E-state index in [1.807, 2.05) is 72.8 Å². The van der Waals surface area contributed by atoms with Crippen LogP contribution in [0.3, 0.4) is 0 Å². The third kappa shape index (κ3) is 6.27. The van der Waals surface area contributed by atoms with Gasteiger partial charge in [-0.25, -0.2) is 0 Å². The van der Waals surface area contributed by atoms with Crippen molar-refractivity contribution in [1.82, 2.24) is 5.32 Å². The lowest BCUT2D eigenvalue weighted by Crippen LogP contribution is -2.27. The highest BCUT2D eigenvalue weighted by Gasteiger charge is 2.08. The Labute approximate surface area is 177 Å². The van der Waals surface area contributed by atoms with Crippen molar-refractivity contribution in [3.8, 4) is 17.2 Å². The standard InChI is InChI=1S/C25H27NO4/c1-28-22-11-8-19(9-12-22)17-25(27)26-15-14-20-10-13-23(24(16-20)29-2)30-18-21-6-4-3-5-7-21/h3-13,16H,14-15,17-18H2,1-2H3,(H,26,27). The SMILES string of the molecule is COc1ccc(CC(=O)NCCc2ccc(OCc3ccccc3)c(OC)c2)cc1. The van der Waals surface area contributed by atoms with Gasteiger partial charge in [0.25, 0.3) is 0 Å². The predicted molar refractivity (Wildman–Crippen MR) is 117 cm³/mol. The Kier molecular flexibility index (Phi) is 7.72. The summed E-state index contributed by atoms with van der Waals surface area (Å²) < 4.78 is 16.5. The fourth-order valence-electron chi connectivity index (χ4n) is 3.06. The average molecular weight is 405 g/mol. The molecule has 0 atom stereocenters. The first kappa shape index (κ1) is 21.2. The Morgan fingerprint density at radius 1 is 0.800 bits per heavy atom. The van der Waals surface area contributed by atoms with Crippen LogP contribution in [-0.4, -0.2) is 26.7 Å². The van der Waals surface area contributed by atoms with Gasteiger partial charge in [0, 0.05) is 6.54 Å². The van der Waals surface area contributed by atoms with E-state index >= 15 is 0 Å².